The molecule has 19 heavy (non-hydrogen) atoms. The first-order valence-corrected chi connectivity index (χ1v) is 8.15. The Labute approximate surface area is 124 Å². The molecule has 1 aromatic carbocycles. The molecule has 0 aromatic heterocycles. The van der Waals surface area contributed by atoms with Crippen molar-refractivity contribution in [3.8, 4) is 0 Å². The van der Waals surface area contributed by atoms with Gasteiger partial charge in [0.15, 0.2) is 0 Å². The summed E-state index contributed by atoms with van der Waals surface area (Å²) in [4.78, 5) is 12.1. The van der Waals surface area contributed by atoms with Crippen LogP contribution in [0.1, 0.15) is 40.7 Å². The number of halogens is 1. The maximum absolute atomic E-state index is 12.1. The first kappa shape index (κ1) is 14.6. The van der Waals surface area contributed by atoms with Crippen LogP contribution in [-0.2, 0) is 0 Å². The fraction of sp³-hybridized carbons (Fsp3) is 0.562. The maximum Gasteiger partial charge on any atom is 0.251 e. The van der Waals surface area contributed by atoms with Crippen LogP contribution in [-0.4, -0.2) is 17.8 Å². The van der Waals surface area contributed by atoms with E-state index in [0.717, 1.165) is 23.4 Å². The van der Waals surface area contributed by atoms with Gasteiger partial charge in [0.2, 0.25) is 0 Å². The molecular weight excluding hydrogens is 302 g/mol. The second-order valence-corrected chi connectivity index (χ2v) is 6.26. The number of hydrogen-bond acceptors (Lipinski definition) is 1. The molecule has 3 heteroatoms. The molecule has 0 bridgehead atoms. The van der Waals surface area contributed by atoms with Crippen molar-refractivity contribution in [1.29, 1.82) is 0 Å². The van der Waals surface area contributed by atoms with Crippen molar-refractivity contribution in [3.05, 3.63) is 34.9 Å². The second kappa shape index (κ2) is 6.56. The Hall–Kier alpha value is -0.830. The highest BCUT2D eigenvalue weighted by Crippen LogP contribution is 2.32. The van der Waals surface area contributed by atoms with E-state index in [4.69, 9.17) is 0 Å². The molecule has 1 aromatic rings. The van der Waals surface area contributed by atoms with Gasteiger partial charge in [0, 0.05) is 17.4 Å². The van der Waals surface area contributed by atoms with Crippen LogP contribution in [0.4, 0.5) is 0 Å². The third-order valence-corrected chi connectivity index (χ3v) is 5.14. The summed E-state index contributed by atoms with van der Waals surface area (Å²) in [5.74, 6) is 1.42. The number of carbonyl (C=O) groups is 1. The minimum absolute atomic E-state index is 0.0586. The molecule has 2 rings (SSSR count). The van der Waals surface area contributed by atoms with Gasteiger partial charge >= 0.3 is 0 Å². The molecule has 1 N–H and O–H groups in total. The predicted molar refractivity (Wildman–Crippen MR) is 82.9 cm³/mol. The lowest BCUT2D eigenvalue weighted by Gasteiger charge is -2.18. The molecule has 0 saturated heterocycles. The number of alkyl halides is 1. The number of carbonyl (C=O) groups excluding carboxylic acids is 1. The van der Waals surface area contributed by atoms with E-state index in [1.165, 1.54) is 30.4 Å². The molecule has 0 aliphatic heterocycles. The number of amides is 1. The highest BCUT2D eigenvalue weighted by molar-refractivity contribution is 9.09. The lowest BCUT2D eigenvalue weighted by atomic mass is 9.98. The van der Waals surface area contributed by atoms with Crippen LogP contribution in [0.25, 0.3) is 0 Å². The molecule has 1 aliphatic rings. The number of benzene rings is 1. The standard InChI is InChI=1S/C16H22BrNO/c1-11-6-7-13(8-12(11)2)16(19)18-10-15-5-3-4-14(15)9-17/h6-8,14-15H,3-5,9-10H2,1-2H3,(H,18,19). The molecular formula is C16H22BrNO. The first-order chi connectivity index (χ1) is 9.11. The highest BCUT2D eigenvalue weighted by atomic mass is 79.9. The van der Waals surface area contributed by atoms with E-state index in [1.54, 1.807) is 0 Å². The molecule has 0 heterocycles. The SMILES string of the molecule is Cc1ccc(C(=O)NCC2CCCC2CBr)cc1C. The summed E-state index contributed by atoms with van der Waals surface area (Å²) in [6.07, 6.45) is 3.82. The normalized spacial score (nSPS) is 22.5. The summed E-state index contributed by atoms with van der Waals surface area (Å²) in [6.45, 7) is 4.92. The van der Waals surface area contributed by atoms with E-state index in [0.29, 0.717) is 5.92 Å². The van der Waals surface area contributed by atoms with Crippen molar-refractivity contribution in [1.82, 2.24) is 5.32 Å². The van der Waals surface area contributed by atoms with Gasteiger partial charge < -0.3 is 5.32 Å². The van der Waals surface area contributed by atoms with Crippen LogP contribution in [0.3, 0.4) is 0 Å². The number of hydrogen-bond donors (Lipinski definition) is 1. The van der Waals surface area contributed by atoms with E-state index in [9.17, 15) is 4.79 Å². The van der Waals surface area contributed by atoms with Crippen LogP contribution in [0, 0.1) is 25.7 Å². The fourth-order valence-electron chi connectivity index (χ4n) is 2.79. The monoisotopic (exact) mass is 323 g/mol. The zero-order valence-electron chi connectivity index (χ0n) is 11.7. The summed E-state index contributed by atoms with van der Waals surface area (Å²) in [5, 5.41) is 4.14. The molecule has 1 amide bonds. The van der Waals surface area contributed by atoms with Gasteiger partial charge in [-0.05, 0) is 61.8 Å². The van der Waals surface area contributed by atoms with Gasteiger partial charge in [-0.2, -0.15) is 0 Å². The molecule has 2 unspecified atom stereocenters. The number of nitrogens with one attached hydrogen (secondary N) is 1. The van der Waals surface area contributed by atoms with Gasteiger partial charge in [0.25, 0.3) is 5.91 Å². The molecule has 1 fully saturated rings. The van der Waals surface area contributed by atoms with Crippen molar-refractivity contribution in [2.24, 2.45) is 11.8 Å². The third kappa shape index (κ3) is 3.59. The minimum atomic E-state index is 0.0586. The van der Waals surface area contributed by atoms with E-state index in [2.05, 4.69) is 28.2 Å². The van der Waals surface area contributed by atoms with Gasteiger partial charge in [-0.3, -0.25) is 4.79 Å². The second-order valence-electron chi connectivity index (χ2n) is 5.61. The van der Waals surface area contributed by atoms with Gasteiger partial charge in [0.1, 0.15) is 0 Å². The van der Waals surface area contributed by atoms with E-state index in [-0.39, 0.29) is 5.91 Å². The highest BCUT2D eigenvalue weighted by Gasteiger charge is 2.26. The van der Waals surface area contributed by atoms with Crippen LogP contribution < -0.4 is 5.32 Å². The Morgan fingerprint density at radius 3 is 2.68 bits per heavy atom. The van der Waals surface area contributed by atoms with Gasteiger partial charge in [-0.1, -0.05) is 28.4 Å². The van der Waals surface area contributed by atoms with Crippen molar-refractivity contribution in [2.45, 2.75) is 33.1 Å². The van der Waals surface area contributed by atoms with Crippen molar-refractivity contribution in [3.63, 3.8) is 0 Å². The van der Waals surface area contributed by atoms with E-state index >= 15 is 0 Å². The topological polar surface area (TPSA) is 29.1 Å². The summed E-state index contributed by atoms with van der Waals surface area (Å²) in [6, 6.07) is 5.90. The molecule has 0 radical (unpaired) electrons. The predicted octanol–water partition coefficient (Wildman–Crippen LogP) is 3.84. The van der Waals surface area contributed by atoms with Crippen LogP contribution >= 0.6 is 15.9 Å². The molecule has 1 saturated carbocycles. The minimum Gasteiger partial charge on any atom is -0.352 e. The average molecular weight is 324 g/mol. The van der Waals surface area contributed by atoms with Crippen LogP contribution in [0.5, 0.6) is 0 Å². The van der Waals surface area contributed by atoms with Crippen molar-refractivity contribution < 1.29 is 4.79 Å². The summed E-state index contributed by atoms with van der Waals surface area (Å²) < 4.78 is 0. The molecule has 1 aliphatic carbocycles. The summed E-state index contributed by atoms with van der Waals surface area (Å²) in [5.41, 5.74) is 3.18. The molecule has 2 nitrogen and oxygen atoms in total. The zero-order chi connectivity index (χ0) is 13.8. The number of aryl methyl sites for hydroxylation is 2. The number of rotatable bonds is 4. The molecule has 0 spiro atoms. The van der Waals surface area contributed by atoms with Crippen molar-refractivity contribution in [2.75, 3.05) is 11.9 Å². The van der Waals surface area contributed by atoms with Gasteiger partial charge in [-0.15, -0.1) is 0 Å². The Morgan fingerprint density at radius 2 is 2.00 bits per heavy atom. The average Bonchev–Trinajstić information content (AvgIpc) is 2.86. The van der Waals surface area contributed by atoms with Crippen LogP contribution in [0.15, 0.2) is 18.2 Å². The maximum atomic E-state index is 12.1. The smallest absolute Gasteiger partial charge is 0.251 e. The van der Waals surface area contributed by atoms with Gasteiger partial charge in [0.05, 0.1) is 0 Å². The largest absolute Gasteiger partial charge is 0.352 e. The third-order valence-electron chi connectivity index (χ3n) is 4.31. The van der Waals surface area contributed by atoms with Crippen molar-refractivity contribution >= 4 is 21.8 Å². The van der Waals surface area contributed by atoms with E-state index < -0.39 is 0 Å². The summed E-state index contributed by atoms with van der Waals surface area (Å²) >= 11 is 3.57. The Morgan fingerprint density at radius 1 is 1.26 bits per heavy atom. The Bertz CT molecular complexity index is 458. The fourth-order valence-corrected chi connectivity index (χ4v) is 3.65. The zero-order valence-corrected chi connectivity index (χ0v) is 13.3. The quantitative estimate of drug-likeness (QED) is 0.838. The van der Waals surface area contributed by atoms with E-state index in [1.807, 2.05) is 25.1 Å². The van der Waals surface area contributed by atoms with Crippen LogP contribution in [0.2, 0.25) is 0 Å². The Kier molecular flexibility index (Phi) is 5.03. The first-order valence-electron chi connectivity index (χ1n) is 7.03. The van der Waals surface area contributed by atoms with Gasteiger partial charge in [-0.25, -0.2) is 0 Å². The lowest BCUT2D eigenvalue weighted by molar-refractivity contribution is 0.0944. The molecule has 2 atom stereocenters. The molecule has 104 valence electrons. The summed E-state index contributed by atoms with van der Waals surface area (Å²) in [7, 11) is 0. The Balaban J connectivity index is 1.92. The lowest BCUT2D eigenvalue weighted by Crippen LogP contribution is -2.31.